The van der Waals surface area contributed by atoms with Crippen LogP contribution in [0, 0.1) is 6.92 Å². The van der Waals surface area contributed by atoms with Crippen molar-refractivity contribution in [2.75, 3.05) is 0 Å². The van der Waals surface area contributed by atoms with Gasteiger partial charge in [-0.2, -0.15) is 0 Å². The number of hydrogen-bond donors (Lipinski definition) is 0. The molecule has 19 heavy (non-hydrogen) atoms. The monoisotopic (exact) mass is 271 g/mol. The number of para-hydroxylation sites is 2. The van der Waals surface area contributed by atoms with Gasteiger partial charge in [-0.1, -0.05) is 18.2 Å². The van der Waals surface area contributed by atoms with Gasteiger partial charge in [0.2, 0.25) is 0 Å². The number of hydrogen-bond acceptors (Lipinski definition) is 2. The molecule has 3 aromatic rings. The SMILES string of the molecule is Cc1cccnc1Cn1c(CCl)nc2ccccc21. The van der Waals surface area contributed by atoms with Crippen LogP contribution >= 0.6 is 11.6 Å². The minimum Gasteiger partial charge on any atom is -0.321 e. The molecule has 0 saturated heterocycles. The first kappa shape index (κ1) is 12.2. The van der Waals surface area contributed by atoms with Crippen molar-refractivity contribution in [1.82, 2.24) is 14.5 Å². The van der Waals surface area contributed by atoms with Gasteiger partial charge in [0.1, 0.15) is 5.82 Å². The van der Waals surface area contributed by atoms with E-state index in [9.17, 15) is 0 Å². The number of halogens is 1. The van der Waals surface area contributed by atoms with Gasteiger partial charge in [-0.3, -0.25) is 4.98 Å². The Kier molecular flexibility index (Phi) is 3.22. The van der Waals surface area contributed by atoms with E-state index in [4.69, 9.17) is 11.6 Å². The Balaban J connectivity index is 2.12. The quantitative estimate of drug-likeness (QED) is 0.683. The summed E-state index contributed by atoms with van der Waals surface area (Å²) >= 11 is 6.01. The number of rotatable bonds is 3. The van der Waals surface area contributed by atoms with Crippen molar-refractivity contribution >= 4 is 22.6 Å². The molecule has 0 bridgehead atoms. The molecule has 3 rings (SSSR count). The van der Waals surface area contributed by atoms with Crippen molar-refractivity contribution < 1.29 is 0 Å². The summed E-state index contributed by atoms with van der Waals surface area (Å²) in [6.07, 6.45) is 1.82. The molecule has 0 aliphatic rings. The number of aromatic nitrogens is 3. The molecular formula is C15H14ClN3. The van der Waals surface area contributed by atoms with E-state index in [1.165, 1.54) is 5.56 Å². The summed E-state index contributed by atoms with van der Waals surface area (Å²) in [6.45, 7) is 2.77. The van der Waals surface area contributed by atoms with Gasteiger partial charge in [0.25, 0.3) is 0 Å². The fourth-order valence-electron chi connectivity index (χ4n) is 2.24. The molecule has 0 aliphatic carbocycles. The van der Waals surface area contributed by atoms with Crippen LogP contribution in [0.25, 0.3) is 11.0 Å². The predicted octanol–water partition coefficient (Wildman–Crippen LogP) is 3.53. The molecule has 96 valence electrons. The number of imidazole rings is 1. The number of benzene rings is 1. The first-order chi connectivity index (χ1) is 9.29. The van der Waals surface area contributed by atoms with E-state index >= 15 is 0 Å². The van der Waals surface area contributed by atoms with Gasteiger partial charge in [-0.25, -0.2) is 4.98 Å². The van der Waals surface area contributed by atoms with Crippen molar-refractivity contribution in [3.05, 3.63) is 59.7 Å². The van der Waals surface area contributed by atoms with Crippen LogP contribution in [0.4, 0.5) is 0 Å². The molecule has 0 radical (unpaired) electrons. The molecule has 2 aromatic heterocycles. The smallest absolute Gasteiger partial charge is 0.125 e. The zero-order valence-electron chi connectivity index (χ0n) is 10.7. The van der Waals surface area contributed by atoms with Crippen molar-refractivity contribution in [3.8, 4) is 0 Å². The van der Waals surface area contributed by atoms with Gasteiger partial charge in [0.15, 0.2) is 0 Å². The summed E-state index contributed by atoms with van der Waals surface area (Å²) in [5.41, 5.74) is 4.31. The average Bonchev–Trinajstić information content (AvgIpc) is 2.79. The molecule has 0 unspecified atom stereocenters. The number of nitrogens with zero attached hydrogens (tertiary/aromatic N) is 3. The summed E-state index contributed by atoms with van der Waals surface area (Å²) in [5, 5.41) is 0. The van der Waals surface area contributed by atoms with E-state index in [0.29, 0.717) is 12.4 Å². The molecule has 0 aliphatic heterocycles. The molecular weight excluding hydrogens is 258 g/mol. The first-order valence-corrected chi connectivity index (χ1v) is 6.73. The number of fused-ring (bicyclic) bond motifs is 1. The van der Waals surface area contributed by atoms with E-state index in [1.54, 1.807) is 0 Å². The van der Waals surface area contributed by atoms with E-state index in [2.05, 4.69) is 33.6 Å². The second kappa shape index (κ2) is 5.02. The highest BCUT2D eigenvalue weighted by Crippen LogP contribution is 2.19. The number of pyridine rings is 1. The van der Waals surface area contributed by atoms with Crippen LogP contribution < -0.4 is 0 Å². The van der Waals surface area contributed by atoms with Crippen molar-refractivity contribution in [2.45, 2.75) is 19.3 Å². The summed E-state index contributed by atoms with van der Waals surface area (Å²) in [4.78, 5) is 9.00. The Morgan fingerprint density at radius 3 is 2.79 bits per heavy atom. The Bertz CT molecular complexity index is 718. The van der Waals surface area contributed by atoms with E-state index < -0.39 is 0 Å². The lowest BCUT2D eigenvalue weighted by molar-refractivity contribution is 0.752. The Morgan fingerprint density at radius 2 is 2.00 bits per heavy atom. The Hall–Kier alpha value is -1.87. The maximum atomic E-state index is 6.01. The van der Waals surface area contributed by atoms with Crippen LogP contribution in [0.1, 0.15) is 17.1 Å². The third-order valence-electron chi connectivity index (χ3n) is 3.28. The summed E-state index contributed by atoms with van der Waals surface area (Å²) in [7, 11) is 0. The summed E-state index contributed by atoms with van der Waals surface area (Å²) in [5.74, 6) is 1.29. The van der Waals surface area contributed by atoms with Crippen LogP contribution in [0.2, 0.25) is 0 Å². The molecule has 1 aromatic carbocycles. The van der Waals surface area contributed by atoms with Crippen LogP contribution in [-0.4, -0.2) is 14.5 Å². The highest BCUT2D eigenvalue weighted by atomic mass is 35.5. The third-order valence-corrected chi connectivity index (χ3v) is 3.52. The molecule has 0 N–H and O–H groups in total. The van der Waals surface area contributed by atoms with Crippen LogP contribution in [0.3, 0.4) is 0 Å². The molecule has 0 fully saturated rings. The van der Waals surface area contributed by atoms with Crippen LogP contribution in [0.15, 0.2) is 42.6 Å². The Labute approximate surface area is 116 Å². The fraction of sp³-hybridized carbons (Fsp3) is 0.200. The van der Waals surface area contributed by atoms with Gasteiger partial charge < -0.3 is 4.57 Å². The number of alkyl halides is 1. The van der Waals surface area contributed by atoms with Gasteiger partial charge in [0, 0.05) is 6.20 Å². The number of aryl methyl sites for hydroxylation is 1. The summed E-state index contributed by atoms with van der Waals surface area (Å²) < 4.78 is 2.14. The molecule has 0 amide bonds. The second-order valence-electron chi connectivity index (χ2n) is 4.50. The highest BCUT2D eigenvalue weighted by Gasteiger charge is 2.11. The average molecular weight is 272 g/mol. The van der Waals surface area contributed by atoms with Gasteiger partial charge in [0.05, 0.1) is 29.2 Å². The lowest BCUT2D eigenvalue weighted by Crippen LogP contribution is -2.06. The third kappa shape index (κ3) is 2.22. The molecule has 0 saturated carbocycles. The second-order valence-corrected chi connectivity index (χ2v) is 4.77. The van der Waals surface area contributed by atoms with E-state index in [1.807, 2.05) is 30.5 Å². The van der Waals surface area contributed by atoms with Gasteiger partial charge in [-0.05, 0) is 30.7 Å². The normalized spacial score (nSPS) is 11.1. The van der Waals surface area contributed by atoms with E-state index in [0.717, 1.165) is 22.6 Å². The topological polar surface area (TPSA) is 30.7 Å². The first-order valence-electron chi connectivity index (χ1n) is 6.20. The van der Waals surface area contributed by atoms with Crippen molar-refractivity contribution in [3.63, 3.8) is 0 Å². The lowest BCUT2D eigenvalue weighted by Gasteiger charge is -2.09. The lowest BCUT2D eigenvalue weighted by atomic mass is 10.2. The molecule has 0 atom stereocenters. The maximum Gasteiger partial charge on any atom is 0.125 e. The molecule has 2 heterocycles. The van der Waals surface area contributed by atoms with E-state index in [-0.39, 0.29) is 0 Å². The van der Waals surface area contributed by atoms with Crippen molar-refractivity contribution in [2.24, 2.45) is 0 Å². The molecule has 4 heteroatoms. The highest BCUT2D eigenvalue weighted by molar-refractivity contribution is 6.16. The largest absolute Gasteiger partial charge is 0.321 e. The van der Waals surface area contributed by atoms with Crippen molar-refractivity contribution in [1.29, 1.82) is 0 Å². The minimum atomic E-state index is 0.403. The van der Waals surface area contributed by atoms with Crippen LogP contribution in [-0.2, 0) is 12.4 Å². The predicted molar refractivity (Wildman–Crippen MR) is 77.4 cm³/mol. The zero-order chi connectivity index (χ0) is 13.2. The van der Waals surface area contributed by atoms with Gasteiger partial charge in [-0.15, -0.1) is 11.6 Å². The standard InChI is InChI=1S/C15H14ClN3/c1-11-5-4-8-17-13(11)10-19-14-7-3-2-6-12(14)18-15(19)9-16/h2-8H,9-10H2,1H3. The maximum absolute atomic E-state index is 6.01. The minimum absolute atomic E-state index is 0.403. The van der Waals surface area contributed by atoms with Gasteiger partial charge >= 0.3 is 0 Å². The summed E-state index contributed by atoms with van der Waals surface area (Å²) in [6, 6.07) is 12.1. The molecule has 3 nitrogen and oxygen atoms in total. The zero-order valence-corrected chi connectivity index (χ0v) is 11.4. The fourth-order valence-corrected chi connectivity index (χ4v) is 2.44. The van der Waals surface area contributed by atoms with Crippen LogP contribution in [0.5, 0.6) is 0 Å². The Morgan fingerprint density at radius 1 is 1.16 bits per heavy atom. The molecule has 0 spiro atoms.